The van der Waals surface area contributed by atoms with Crippen LogP contribution >= 0.6 is 35.3 Å². The molecule has 0 unspecified atom stereocenters. The number of hydrogen-bond donors (Lipinski definition) is 2. The van der Waals surface area contributed by atoms with E-state index >= 15 is 0 Å². The first-order valence-electron chi connectivity index (χ1n) is 9.70. The van der Waals surface area contributed by atoms with Gasteiger partial charge in [-0.2, -0.15) is 0 Å². The van der Waals surface area contributed by atoms with Gasteiger partial charge in [-0.1, -0.05) is 26.0 Å². The third kappa shape index (κ3) is 6.70. The van der Waals surface area contributed by atoms with E-state index in [1.54, 1.807) is 0 Å². The van der Waals surface area contributed by atoms with E-state index in [-0.39, 0.29) is 29.4 Å². The number of pyridine rings is 1. The summed E-state index contributed by atoms with van der Waals surface area (Å²) in [6.45, 7) is 8.53. The van der Waals surface area contributed by atoms with Crippen molar-refractivity contribution in [2.24, 2.45) is 4.99 Å². The van der Waals surface area contributed by atoms with Gasteiger partial charge in [0.15, 0.2) is 5.96 Å². The average Bonchev–Trinajstić information content (AvgIpc) is 3.23. The van der Waals surface area contributed by atoms with E-state index in [4.69, 9.17) is 0 Å². The molecule has 0 saturated carbocycles. The standard InChI is InChI=1S/C21H31N5S.HI/c1-21(2,19-8-6-14-27-19)16-24-20(22-3)25-17-9-12-26(13-10-17)15-18-7-4-5-11-23-18;/h4-8,11,14,17H,9-10,12-13,15-16H2,1-3H3,(H2,22,24,25);1H. The van der Waals surface area contributed by atoms with E-state index < -0.39 is 0 Å². The number of aliphatic imine (C=N–C) groups is 1. The number of likely N-dealkylation sites (tertiary alicyclic amines) is 1. The Kier molecular flexibility index (Phi) is 9.17. The number of piperidine rings is 1. The highest BCUT2D eigenvalue weighted by Crippen LogP contribution is 2.26. The number of thiophene rings is 1. The van der Waals surface area contributed by atoms with Gasteiger partial charge in [-0.3, -0.25) is 14.9 Å². The minimum atomic E-state index is 0. The summed E-state index contributed by atoms with van der Waals surface area (Å²) in [4.78, 5) is 12.7. The van der Waals surface area contributed by atoms with Gasteiger partial charge in [0, 0.05) is 55.8 Å². The first-order valence-corrected chi connectivity index (χ1v) is 10.6. The van der Waals surface area contributed by atoms with Gasteiger partial charge in [0.25, 0.3) is 0 Å². The Hall–Kier alpha value is -1.19. The van der Waals surface area contributed by atoms with Crippen LogP contribution in [0.1, 0.15) is 37.3 Å². The molecule has 0 aromatic carbocycles. The molecule has 3 heterocycles. The maximum Gasteiger partial charge on any atom is 0.191 e. The number of halogens is 1. The molecule has 0 radical (unpaired) electrons. The molecule has 1 aliphatic rings. The first kappa shape index (κ1) is 23.1. The molecular formula is C21H32IN5S. The van der Waals surface area contributed by atoms with Crippen molar-refractivity contribution in [3.8, 4) is 0 Å². The molecule has 3 rings (SSSR count). The van der Waals surface area contributed by atoms with Crippen molar-refractivity contribution in [2.45, 2.75) is 44.7 Å². The Morgan fingerprint density at radius 3 is 2.64 bits per heavy atom. The number of nitrogens with one attached hydrogen (secondary N) is 2. The van der Waals surface area contributed by atoms with Gasteiger partial charge in [-0.15, -0.1) is 35.3 Å². The normalized spacial score (nSPS) is 16.5. The van der Waals surface area contributed by atoms with Crippen molar-refractivity contribution >= 4 is 41.3 Å². The van der Waals surface area contributed by atoms with E-state index in [9.17, 15) is 0 Å². The van der Waals surface area contributed by atoms with E-state index in [0.717, 1.165) is 50.7 Å². The number of guanidine groups is 1. The van der Waals surface area contributed by atoms with Gasteiger partial charge < -0.3 is 10.6 Å². The van der Waals surface area contributed by atoms with Crippen LogP contribution in [-0.2, 0) is 12.0 Å². The first-order chi connectivity index (χ1) is 13.1. The van der Waals surface area contributed by atoms with Crippen LogP contribution in [0.25, 0.3) is 0 Å². The van der Waals surface area contributed by atoms with Crippen LogP contribution in [0.15, 0.2) is 46.9 Å². The van der Waals surface area contributed by atoms with Crippen LogP contribution in [0.2, 0.25) is 0 Å². The van der Waals surface area contributed by atoms with Gasteiger partial charge in [0.05, 0.1) is 5.69 Å². The van der Waals surface area contributed by atoms with Crippen molar-refractivity contribution in [1.82, 2.24) is 20.5 Å². The van der Waals surface area contributed by atoms with E-state index in [1.165, 1.54) is 4.88 Å². The summed E-state index contributed by atoms with van der Waals surface area (Å²) < 4.78 is 0. The SMILES string of the molecule is CN=C(NCC(C)(C)c1cccs1)NC1CCN(Cc2ccccn2)CC1.I. The van der Waals surface area contributed by atoms with Crippen LogP contribution < -0.4 is 10.6 Å². The van der Waals surface area contributed by atoms with E-state index in [1.807, 2.05) is 30.6 Å². The summed E-state index contributed by atoms with van der Waals surface area (Å²) in [5, 5.41) is 9.27. The third-order valence-electron chi connectivity index (χ3n) is 5.15. The Balaban J connectivity index is 0.00000280. The fourth-order valence-electron chi connectivity index (χ4n) is 3.40. The van der Waals surface area contributed by atoms with E-state index in [0.29, 0.717) is 6.04 Å². The minimum absolute atomic E-state index is 0. The van der Waals surface area contributed by atoms with Gasteiger partial charge >= 0.3 is 0 Å². The molecule has 5 nitrogen and oxygen atoms in total. The largest absolute Gasteiger partial charge is 0.356 e. The van der Waals surface area contributed by atoms with Crippen LogP contribution in [0.5, 0.6) is 0 Å². The summed E-state index contributed by atoms with van der Waals surface area (Å²) >= 11 is 1.81. The Morgan fingerprint density at radius 2 is 2.04 bits per heavy atom. The molecule has 28 heavy (non-hydrogen) atoms. The van der Waals surface area contributed by atoms with Crippen molar-refractivity contribution in [2.75, 3.05) is 26.7 Å². The molecule has 0 atom stereocenters. The highest BCUT2D eigenvalue weighted by molar-refractivity contribution is 14.0. The van der Waals surface area contributed by atoms with Crippen molar-refractivity contribution < 1.29 is 0 Å². The molecule has 1 fully saturated rings. The second-order valence-corrected chi connectivity index (χ2v) is 8.75. The molecule has 2 N–H and O–H groups in total. The van der Waals surface area contributed by atoms with Crippen LogP contribution in [0.3, 0.4) is 0 Å². The molecule has 2 aromatic rings. The summed E-state index contributed by atoms with van der Waals surface area (Å²) in [6, 6.07) is 10.9. The summed E-state index contributed by atoms with van der Waals surface area (Å²) in [5.41, 5.74) is 1.25. The van der Waals surface area contributed by atoms with Gasteiger partial charge in [-0.05, 0) is 36.4 Å². The van der Waals surface area contributed by atoms with Gasteiger partial charge in [0.2, 0.25) is 0 Å². The predicted octanol–water partition coefficient (Wildman–Crippen LogP) is 3.87. The fourth-order valence-corrected chi connectivity index (χ4v) is 4.25. The molecule has 0 bridgehead atoms. The Bertz CT molecular complexity index is 710. The highest BCUT2D eigenvalue weighted by atomic mass is 127. The molecule has 154 valence electrons. The van der Waals surface area contributed by atoms with Gasteiger partial charge in [-0.25, -0.2) is 0 Å². The van der Waals surface area contributed by atoms with Crippen LogP contribution in [-0.4, -0.2) is 48.6 Å². The van der Waals surface area contributed by atoms with Crippen molar-refractivity contribution in [1.29, 1.82) is 0 Å². The lowest BCUT2D eigenvalue weighted by atomic mass is 9.91. The number of hydrogen-bond acceptors (Lipinski definition) is 4. The number of aromatic nitrogens is 1. The highest BCUT2D eigenvalue weighted by Gasteiger charge is 2.24. The number of rotatable bonds is 6. The zero-order chi connectivity index (χ0) is 19.1. The minimum Gasteiger partial charge on any atom is -0.356 e. The molecule has 0 aliphatic carbocycles. The summed E-state index contributed by atoms with van der Waals surface area (Å²) in [7, 11) is 1.85. The lowest BCUT2D eigenvalue weighted by molar-refractivity contribution is 0.196. The predicted molar refractivity (Wildman–Crippen MR) is 130 cm³/mol. The topological polar surface area (TPSA) is 52.6 Å². The van der Waals surface area contributed by atoms with Crippen LogP contribution in [0.4, 0.5) is 0 Å². The zero-order valence-electron chi connectivity index (χ0n) is 17.0. The maximum absolute atomic E-state index is 4.44. The molecule has 0 amide bonds. The Morgan fingerprint density at radius 1 is 1.25 bits per heavy atom. The maximum atomic E-state index is 4.44. The second-order valence-electron chi connectivity index (χ2n) is 7.80. The third-order valence-corrected chi connectivity index (χ3v) is 6.39. The molecule has 7 heteroatoms. The molecule has 2 aromatic heterocycles. The smallest absolute Gasteiger partial charge is 0.191 e. The fraction of sp³-hybridized carbons (Fsp3) is 0.524. The average molecular weight is 513 g/mol. The lowest BCUT2D eigenvalue weighted by Crippen LogP contribution is -2.50. The molecule has 1 aliphatic heterocycles. The number of nitrogens with zero attached hydrogens (tertiary/aromatic N) is 3. The molecule has 1 saturated heterocycles. The molecular weight excluding hydrogens is 481 g/mol. The lowest BCUT2D eigenvalue weighted by Gasteiger charge is -2.33. The van der Waals surface area contributed by atoms with Gasteiger partial charge in [0.1, 0.15) is 0 Å². The van der Waals surface area contributed by atoms with Crippen molar-refractivity contribution in [3.05, 3.63) is 52.5 Å². The molecule has 0 spiro atoms. The van der Waals surface area contributed by atoms with Crippen molar-refractivity contribution in [3.63, 3.8) is 0 Å². The Labute approximate surface area is 190 Å². The van der Waals surface area contributed by atoms with Crippen LogP contribution in [0, 0.1) is 0 Å². The zero-order valence-corrected chi connectivity index (χ0v) is 20.2. The van der Waals surface area contributed by atoms with E-state index in [2.05, 4.69) is 69.0 Å². The second kappa shape index (κ2) is 11.1. The summed E-state index contributed by atoms with van der Waals surface area (Å²) in [6.07, 6.45) is 4.13. The monoisotopic (exact) mass is 513 g/mol. The summed E-state index contributed by atoms with van der Waals surface area (Å²) in [5.74, 6) is 0.905. The quantitative estimate of drug-likeness (QED) is 0.350.